The van der Waals surface area contributed by atoms with Crippen LogP contribution in [-0.2, 0) is 16.4 Å². The highest BCUT2D eigenvalue weighted by atomic mass is 32.2. The molecule has 150 valence electrons. The van der Waals surface area contributed by atoms with Crippen molar-refractivity contribution in [3.63, 3.8) is 0 Å². The van der Waals surface area contributed by atoms with E-state index in [1.54, 1.807) is 12.1 Å². The highest BCUT2D eigenvalue weighted by Gasteiger charge is 2.35. The van der Waals surface area contributed by atoms with Crippen LogP contribution >= 0.6 is 0 Å². The van der Waals surface area contributed by atoms with Gasteiger partial charge in [-0.2, -0.15) is 0 Å². The van der Waals surface area contributed by atoms with Gasteiger partial charge in [0.2, 0.25) is 0 Å². The SMILES string of the molecule is Cc1ccc(S(=O)(=O)n2cc(CCC34C=CC(CC3)CN4)c3ccccc32)cc1. The number of hydrogen-bond donors (Lipinski definition) is 1. The Hall–Kier alpha value is -2.37. The first-order valence-electron chi connectivity index (χ1n) is 10.3. The van der Waals surface area contributed by atoms with Gasteiger partial charge in [-0.3, -0.25) is 0 Å². The Bertz CT molecular complexity index is 1180. The van der Waals surface area contributed by atoms with E-state index in [0.717, 1.165) is 47.8 Å². The van der Waals surface area contributed by atoms with Crippen LogP contribution in [0.5, 0.6) is 0 Å². The van der Waals surface area contributed by atoms with E-state index in [0.29, 0.717) is 10.8 Å². The van der Waals surface area contributed by atoms with Crippen LogP contribution < -0.4 is 5.32 Å². The van der Waals surface area contributed by atoms with Gasteiger partial charge < -0.3 is 5.32 Å². The molecule has 0 spiro atoms. The summed E-state index contributed by atoms with van der Waals surface area (Å²) in [7, 11) is -3.63. The zero-order valence-corrected chi connectivity index (χ0v) is 17.5. The average Bonchev–Trinajstić information content (AvgIpc) is 3.14. The van der Waals surface area contributed by atoms with Gasteiger partial charge >= 0.3 is 0 Å². The molecule has 2 bridgehead atoms. The molecule has 1 aromatic heterocycles. The zero-order chi connectivity index (χ0) is 20.1. The van der Waals surface area contributed by atoms with E-state index in [9.17, 15) is 8.42 Å². The summed E-state index contributed by atoms with van der Waals surface area (Å²) in [6, 6.07) is 14.9. The summed E-state index contributed by atoms with van der Waals surface area (Å²) in [5.74, 6) is 0.679. The summed E-state index contributed by atoms with van der Waals surface area (Å²) < 4.78 is 28.1. The van der Waals surface area contributed by atoms with Gasteiger partial charge in [0.25, 0.3) is 10.0 Å². The minimum Gasteiger partial charge on any atom is -0.307 e. The van der Waals surface area contributed by atoms with Crippen molar-refractivity contribution in [2.75, 3.05) is 6.54 Å². The van der Waals surface area contributed by atoms with Crippen LogP contribution in [0.1, 0.15) is 30.4 Å². The molecule has 2 aromatic carbocycles. The lowest BCUT2D eigenvalue weighted by Gasteiger charge is -2.43. The maximum atomic E-state index is 13.3. The second-order valence-electron chi connectivity index (χ2n) is 8.48. The monoisotopic (exact) mass is 406 g/mol. The fourth-order valence-corrected chi connectivity index (χ4v) is 6.08. The first-order chi connectivity index (χ1) is 14.0. The Balaban J connectivity index is 1.52. The van der Waals surface area contributed by atoms with Crippen molar-refractivity contribution in [2.24, 2.45) is 5.92 Å². The molecular weight excluding hydrogens is 380 g/mol. The second-order valence-corrected chi connectivity index (χ2v) is 10.3. The molecule has 3 aliphatic rings. The third-order valence-corrected chi connectivity index (χ3v) is 8.23. The molecule has 1 N–H and O–H groups in total. The smallest absolute Gasteiger partial charge is 0.268 e. The molecular formula is C24H26N2O2S. The van der Waals surface area contributed by atoms with Gasteiger partial charge in [0.1, 0.15) is 0 Å². The van der Waals surface area contributed by atoms with E-state index in [2.05, 4.69) is 17.5 Å². The van der Waals surface area contributed by atoms with Gasteiger partial charge in [-0.05, 0) is 62.3 Å². The standard InChI is InChI=1S/C24H26N2O2S/c1-18-6-8-21(9-7-18)29(27,28)26-17-20(22-4-2-3-5-23(22)26)12-15-24-13-10-19(11-14-24)16-25-24/h2-10,13,17,19,25H,11-12,14-16H2,1H3. The minimum absolute atomic E-state index is 0.0633. The molecule has 2 atom stereocenters. The van der Waals surface area contributed by atoms with Crippen molar-refractivity contribution in [1.29, 1.82) is 0 Å². The fraction of sp³-hybridized carbons (Fsp3) is 0.333. The normalized spacial score (nSPS) is 23.7. The van der Waals surface area contributed by atoms with E-state index in [1.807, 2.05) is 49.5 Å². The Kier molecular flexibility index (Phi) is 4.41. The Morgan fingerprint density at radius 1 is 1.14 bits per heavy atom. The first-order valence-corrected chi connectivity index (χ1v) is 11.8. The number of aromatic nitrogens is 1. The van der Waals surface area contributed by atoms with Crippen LogP contribution in [0, 0.1) is 12.8 Å². The van der Waals surface area contributed by atoms with E-state index in [-0.39, 0.29) is 5.54 Å². The molecule has 2 aliphatic heterocycles. The van der Waals surface area contributed by atoms with Crippen LogP contribution in [0.4, 0.5) is 0 Å². The number of hydrogen-bond acceptors (Lipinski definition) is 3. The van der Waals surface area contributed by atoms with Crippen LogP contribution in [-0.4, -0.2) is 24.5 Å². The molecule has 4 nitrogen and oxygen atoms in total. The molecule has 0 saturated carbocycles. The van der Waals surface area contributed by atoms with Crippen LogP contribution in [0.25, 0.3) is 10.9 Å². The molecule has 5 heteroatoms. The zero-order valence-electron chi connectivity index (χ0n) is 16.6. The number of nitrogens with one attached hydrogen (secondary N) is 1. The van der Waals surface area contributed by atoms with Gasteiger partial charge in [0.15, 0.2) is 0 Å². The van der Waals surface area contributed by atoms with Crippen molar-refractivity contribution in [1.82, 2.24) is 9.29 Å². The third kappa shape index (κ3) is 3.22. The summed E-state index contributed by atoms with van der Waals surface area (Å²) in [5, 5.41) is 4.73. The third-order valence-electron chi connectivity index (χ3n) is 6.54. The fourth-order valence-electron chi connectivity index (χ4n) is 4.69. The molecule has 6 rings (SSSR count). The number of fused-ring (bicyclic) bond motifs is 3. The predicted molar refractivity (Wildman–Crippen MR) is 117 cm³/mol. The summed E-state index contributed by atoms with van der Waals surface area (Å²) in [6.07, 6.45) is 10.8. The van der Waals surface area contributed by atoms with Crippen LogP contribution in [0.2, 0.25) is 0 Å². The number of piperidine rings is 1. The summed E-state index contributed by atoms with van der Waals surface area (Å²) in [6.45, 7) is 3.01. The number of nitrogens with zero attached hydrogens (tertiary/aromatic N) is 1. The Morgan fingerprint density at radius 3 is 2.62 bits per heavy atom. The molecule has 3 heterocycles. The van der Waals surface area contributed by atoms with Gasteiger partial charge in [-0.15, -0.1) is 0 Å². The van der Waals surface area contributed by atoms with Crippen molar-refractivity contribution >= 4 is 20.9 Å². The second kappa shape index (κ2) is 6.85. The van der Waals surface area contributed by atoms with Crippen LogP contribution in [0.15, 0.2) is 71.8 Å². The lowest BCUT2D eigenvalue weighted by Crippen LogP contribution is -2.52. The van der Waals surface area contributed by atoms with Crippen molar-refractivity contribution < 1.29 is 8.42 Å². The lowest BCUT2D eigenvalue weighted by molar-refractivity contribution is 0.241. The van der Waals surface area contributed by atoms with Crippen molar-refractivity contribution in [2.45, 2.75) is 43.0 Å². The van der Waals surface area contributed by atoms with Crippen molar-refractivity contribution in [3.05, 3.63) is 78.0 Å². The van der Waals surface area contributed by atoms with Gasteiger partial charge in [0.05, 0.1) is 10.4 Å². The highest BCUT2D eigenvalue weighted by molar-refractivity contribution is 7.90. The Labute approximate surface area is 172 Å². The maximum Gasteiger partial charge on any atom is 0.268 e. The lowest BCUT2D eigenvalue weighted by atomic mass is 9.75. The number of para-hydroxylation sites is 1. The number of rotatable bonds is 5. The van der Waals surface area contributed by atoms with Gasteiger partial charge in [-0.25, -0.2) is 12.4 Å². The molecule has 0 amide bonds. The molecule has 3 aromatic rings. The van der Waals surface area contributed by atoms with E-state index >= 15 is 0 Å². The topological polar surface area (TPSA) is 51.1 Å². The van der Waals surface area contributed by atoms with E-state index in [4.69, 9.17) is 0 Å². The largest absolute Gasteiger partial charge is 0.307 e. The Morgan fingerprint density at radius 2 is 1.93 bits per heavy atom. The summed E-state index contributed by atoms with van der Waals surface area (Å²) in [5.41, 5.74) is 2.95. The molecule has 1 aliphatic carbocycles. The molecule has 1 fully saturated rings. The number of aryl methyl sites for hydroxylation is 2. The molecule has 0 radical (unpaired) electrons. The molecule has 1 saturated heterocycles. The first kappa shape index (κ1) is 18.6. The van der Waals surface area contributed by atoms with E-state index in [1.165, 1.54) is 10.4 Å². The summed E-state index contributed by atoms with van der Waals surface area (Å²) >= 11 is 0. The molecule has 29 heavy (non-hydrogen) atoms. The van der Waals surface area contributed by atoms with Crippen LogP contribution in [0.3, 0.4) is 0 Å². The molecule has 2 unspecified atom stereocenters. The van der Waals surface area contributed by atoms with Crippen molar-refractivity contribution in [3.8, 4) is 0 Å². The van der Waals surface area contributed by atoms with Gasteiger partial charge in [0, 0.05) is 23.7 Å². The van der Waals surface area contributed by atoms with Gasteiger partial charge in [-0.1, -0.05) is 48.0 Å². The number of benzene rings is 2. The predicted octanol–water partition coefficient (Wildman–Crippen LogP) is 4.43. The quantitative estimate of drug-likeness (QED) is 0.638. The highest BCUT2D eigenvalue weighted by Crippen LogP contribution is 2.35. The van der Waals surface area contributed by atoms with E-state index < -0.39 is 10.0 Å². The maximum absolute atomic E-state index is 13.3. The average molecular weight is 407 g/mol. The summed E-state index contributed by atoms with van der Waals surface area (Å²) in [4.78, 5) is 0.323. The minimum atomic E-state index is -3.63.